The van der Waals surface area contributed by atoms with Crippen molar-refractivity contribution in [1.82, 2.24) is 0 Å². The Morgan fingerprint density at radius 3 is 1.60 bits per heavy atom. The van der Waals surface area contributed by atoms with E-state index in [2.05, 4.69) is 0 Å². The molecule has 0 aromatic rings. The van der Waals surface area contributed by atoms with Gasteiger partial charge in [0.1, 0.15) is 7.85 Å². The second kappa shape index (κ2) is 2.45. The topological polar surface area (TPSA) is 20.2 Å². The summed E-state index contributed by atoms with van der Waals surface area (Å²) in [5, 5.41) is 8.70. The maximum Gasteiger partial charge on any atom is 0.395 e. The van der Waals surface area contributed by atoms with Crippen LogP contribution >= 0.6 is 0 Å². The average molecular weight is 154 g/mol. The third-order valence-electron chi connectivity index (χ3n) is 1.78. The molecular formula is C5H10BF3O. The Morgan fingerprint density at radius 1 is 1.30 bits per heavy atom. The molecule has 0 aliphatic heterocycles. The minimum absolute atomic E-state index is 0.970. The van der Waals surface area contributed by atoms with E-state index in [0.717, 1.165) is 21.7 Å². The SMILES string of the molecule is BC(O)C(C)(C)C(F)(F)F. The Labute approximate surface area is 58.6 Å². The zero-order valence-electron chi connectivity index (χ0n) is 6.16. The zero-order chi connectivity index (χ0) is 8.58. The number of aliphatic hydroxyl groups is 1. The van der Waals surface area contributed by atoms with Gasteiger partial charge in [0.15, 0.2) is 0 Å². The summed E-state index contributed by atoms with van der Waals surface area (Å²) < 4.78 is 35.8. The van der Waals surface area contributed by atoms with Crippen molar-refractivity contribution in [2.24, 2.45) is 5.41 Å². The highest BCUT2D eigenvalue weighted by Crippen LogP contribution is 2.39. The highest BCUT2D eigenvalue weighted by atomic mass is 19.4. The lowest BCUT2D eigenvalue weighted by molar-refractivity contribution is -0.229. The van der Waals surface area contributed by atoms with Gasteiger partial charge in [-0.05, 0) is 13.8 Å². The molecular weight excluding hydrogens is 144 g/mol. The quantitative estimate of drug-likeness (QED) is 0.546. The molecule has 0 amide bonds. The van der Waals surface area contributed by atoms with Crippen molar-refractivity contribution in [2.75, 3.05) is 0 Å². The van der Waals surface area contributed by atoms with Crippen LogP contribution in [0.25, 0.3) is 0 Å². The molecule has 0 aromatic carbocycles. The molecule has 1 atom stereocenters. The van der Waals surface area contributed by atoms with Gasteiger partial charge in [0, 0.05) is 6.00 Å². The maximum absolute atomic E-state index is 11.9. The number of hydrogen-bond acceptors (Lipinski definition) is 1. The number of alkyl halides is 3. The van der Waals surface area contributed by atoms with Crippen LogP contribution in [0, 0.1) is 5.41 Å². The Morgan fingerprint density at radius 2 is 1.60 bits per heavy atom. The summed E-state index contributed by atoms with van der Waals surface area (Å²) in [6, 6.07) is -1.37. The molecule has 1 unspecified atom stereocenters. The van der Waals surface area contributed by atoms with E-state index < -0.39 is 17.6 Å². The van der Waals surface area contributed by atoms with Crippen molar-refractivity contribution in [3.63, 3.8) is 0 Å². The second-order valence-electron chi connectivity index (χ2n) is 2.90. The first-order valence-electron chi connectivity index (χ1n) is 2.94. The van der Waals surface area contributed by atoms with E-state index in [1.165, 1.54) is 0 Å². The Kier molecular flexibility index (Phi) is 2.41. The van der Waals surface area contributed by atoms with Gasteiger partial charge in [-0.25, -0.2) is 0 Å². The van der Waals surface area contributed by atoms with Crippen LogP contribution in [-0.4, -0.2) is 25.1 Å². The molecule has 0 radical (unpaired) electrons. The van der Waals surface area contributed by atoms with Gasteiger partial charge in [0.25, 0.3) is 0 Å². The molecule has 0 spiro atoms. The summed E-state index contributed by atoms with van der Waals surface area (Å²) in [6.45, 7) is 1.94. The Bertz CT molecular complexity index is 119. The van der Waals surface area contributed by atoms with Crippen LogP contribution in [0.3, 0.4) is 0 Å². The number of halogens is 3. The predicted octanol–water partition coefficient (Wildman–Crippen LogP) is 0.526. The van der Waals surface area contributed by atoms with E-state index in [1.807, 2.05) is 0 Å². The zero-order valence-corrected chi connectivity index (χ0v) is 6.16. The molecule has 0 rings (SSSR count). The molecule has 1 N–H and O–H groups in total. The third-order valence-corrected chi connectivity index (χ3v) is 1.78. The minimum atomic E-state index is -4.33. The van der Waals surface area contributed by atoms with E-state index in [1.54, 1.807) is 0 Å². The highest BCUT2D eigenvalue weighted by molar-refractivity contribution is 6.11. The number of aliphatic hydroxyl groups excluding tert-OH is 1. The van der Waals surface area contributed by atoms with Crippen LogP contribution in [0.5, 0.6) is 0 Å². The van der Waals surface area contributed by atoms with Crippen molar-refractivity contribution in [1.29, 1.82) is 0 Å². The fourth-order valence-electron chi connectivity index (χ4n) is 0.237. The van der Waals surface area contributed by atoms with Crippen molar-refractivity contribution >= 4 is 7.85 Å². The van der Waals surface area contributed by atoms with Crippen LogP contribution in [0.2, 0.25) is 0 Å². The van der Waals surface area contributed by atoms with Crippen molar-refractivity contribution < 1.29 is 18.3 Å². The number of hydrogen-bond donors (Lipinski definition) is 1. The summed E-state index contributed by atoms with van der Waals surface area (Å²) in [6.07, 6.45) is -4.33. The summed E-state index contributed by atoms with van der Waals surface area (Å²) in [4.78, 5) is 0. The summed E-state index contributed by atoms with van der Waals surface area (Å²) in [7, 11) is 1.13. The molecule has 0 saturated carbocycles. The van der Waals surface area contributed by atoms with Crippen molar-refractivity contribution in [3.8, 4) is 0 Å². The first-order chi connectivity index (χ1) is 4.19. The average Bonchev–Trinajstić information content (AvgIpc) is 1.62. The second-order valence-corrected chi connectivity index (χ2v) is 2.90. The first kappa shape index (κ1) is 9.81. The standard InChI is InChI=1S/C5H10BF3O/c1-4(2,3(6)10)5(7,8)9/h3,10H,6H2,1-2H3. The third kappa shape index (κ3) is 1.65. The molecule has 0 aliphatic rings. The monoisotopic (exact) mass is 154 g/mol. The van der Waals surface area contributed by atoms with Gasteiger partial charge < -0.3 is 5.11 Å². The Balaban J connectivity index is 4.40. The summed E-state index contributed by atoms with van der Waals surface area (Å²) in [5.74, 6) is 0. The van der Waals surface area contributed by atoms with Crippen LogP contribution in [-0.2, 0) is 0 Å². The van der Waals surface area contributed by atoms with Gasteiger partial charge in [-0.1, -0.05) is 0 Å². The van der Waals surface area contributed by atoms with Gasteiger partial charge in [-0.15, -0.1) is 0 Å². The molecule has 60 valence electrons. The van der Waals surface area contributed by atoms with Crippen LogP contribution < -0.4 is 0 Å². The van der Waals surface area contributed by atoms with Crippen LogP contribution in [0.15, 0.2) is 0 Å². The molecule has 1 nitrogen and oxygen atoms in total. The molecule has 0 saturated heterocycles. The first-order valence-corrected chi connectivity index (χ1v) is 2.94. The van der Waals surface area contributed by atoms with Crippen LogP contribution in [0.1, 0.15) is 13.8 Å². The van der Waals surface area contributed by atoms with Crippen molar-refractivity contribution in [2.45, 2.75) is 26.0 Å². The molecule has 0 aromatic heterocycles. The summed E-state index contributed by atoms with van der Waals surface area (Å²) in [5.41, 5.74) is -2.01. The number of rotatable bonds is 1. The van der Waals surface area contributed by atoms with E-state index in [-0.39, 0.29) is 0 Å². The summed E-state index contributed by atoms with van der Waals surface area (Å²) >= 11 is 0. The molecule has 0 heterocycles. The van der Waals surface area contributed by atoms with Gasteiger partial charge >= 0.3 is 6.18 Å². The van der Waals surface area contributed by atoms with E-state index >= 15 is 0 Å². The smallest absolute Gasteiger partial charge is 0.395 e. The molecule has 10 heavy (non-hydrogen) atoms. The van der Waals surface area contributed by atoms with Crippen LogP contribution in [0.4, 0.5) is 13.2 Å². The Hall–Kier alpha value is -0.185. The molecule has 5 heteroatoms. The van der Waals surface area contributed by atoms with E-state index in [4.69, 9.17) is 5.11 Å². The van der Waals surface area contributed by atoms with Gasteiger partial charge in [0.2, 0.25) is 0 Å². The normalized spacial score (nSPS) is 17.0. The highest BCUT2D eigenvalue weighted by Gasteiger charge is 2.50. The fourth-order valence-corrected chi connectivity index (χ4v) is 0.237. The predicted molar refractivity (Wildman–Crippen MR) is 34.4 cm³/mol. The maximum atomic E-state index is 11.9. The molecule has 0 bridgehead atoms. The van der Waals surface area contributed by atoms with Gasteiger partial charge in [-0.2, -0.15) is 13.2 Å². The largest absolute Gasteiger partial charge is 0.401 e. The van der Waals surface area contributed by atoms with E-state index in [9.17, 15) is 13.2 Å². The molecule has 0 fully saturated rings. The fraction of sp³-hybridized carbons (Fsp3) is 1.00. The lowest BCUT2D eigenvalue weighted by atomic mass is 9.75. The van der Waals surface area contributed by atoms with Gasteiger partial charge in [-0.3, -0.25) is 0 Å². The molecule has 0 aliphatic carbocycles. The van der Waals surface area contributed by atoms with Crippen molar-refractivity contribution in [3.05, 3.63) is 0 Å². The van der Waals surface area contributed by atoms with Gasteiger partial charge in [0.05, 0.1) is 5.41 Å². The lowest BCUT2D eigenvalue weighted by Crippen LogP contribution is -2.42. The lowest BCUT2D eigenvalue weighted by Gasteiger charge is -2.30. The van der Waals surface area contributed by atoms with E-state index in [0.29, 0.717) is 0 Å². The minimum Gasteiger partial charge on any atom is -0.401 e.